The molecule has 4 rings (SSSR count). The third kappa shape index (κ3) is 4.38. The van der Waals surface area contributed by atoms with Crippen molar-refractivity contribution in [1.29, 1.82) is 0 Å². The fourth-order valence-electron chi connectivity index (χ4n) is 4.37. The lowest BCUT2D eigenvalue weighted by Gasteiger charge is -2.31. The Balaban J connectivity index is 1.66. The number of fused-ring (bicyclic) bond motifs is 1. The third-order valence-corrected chi connectivity index (χ3v) is 7.97. The van der Waals surface area contributed by atoms with E-state index in [1.807, 2.05) is 40.1 Å². The quantitative estimate of drug-likeness (QED) is 0.579. The van der Waals surface area contributed by atoms with Crippen molar-refractivity contribution >= 4 is 21.4 Å². The summed E-state index contributed by atoms with van der Waals surface area (Å²) in [6.45, 7) is 4.96. The second kappa shape index (κ2) is 8.96. The van der Waals surface area contributed by atoms with E-state index in [1.165, 1.54) is 11.3 Å². The number of hydrogen-bond acceptors (Lipinski definition) is 4. The average Bonchev–Trinajstić information content (AvgIpc) is 3.20. The summed E-state index contributed by atoms with van der Waals surface area (Å²) in [5.74, 6) is 0. The van der Waals surface area contributed by atoms with Crippen LogP contribution in [0, 0.1) is 13.8 Å². The summed E-state index contributed by atoms with van der Waals surface area (Å²) in [4.78, 5) is 4.74. The number of nitrogens with one attached hydrogen (secondary N) is 1. The van der Waals surface area contributed by atoms with Crippen molar-refractivity contribution < 1.29 is 8.42 Å². The van der Waals surface area contributed by atoms with Crippen molar-refractivity contribution in [2.45, 2.75) is 31.2 Å². The van der Waals surface area contributed by atoms with E-state index in [9.17, 15) is 8.42 Å². The van der Waals surface area contributed by atoms with Crippen LogP contribution in [0.1, 0.15) is 28.3 Å². The van der Waals surface area contributed by atoms with Crippen molar-refractivity contribution in [2.75, 3.05) is 37.0 Å². The Morgan fingerprint density at radius 2 is 1.69 bits per heavy atom. The van der Waals surface area contributed by atoms with Gasteiger partial charge in [-0.15, -0.1) is 0 Å². The van der Waals surface area contributed by atoms with Crippen LogP contribution < -0.4 is 14.5 Å². The van der Waals surface area contributed by atoms with Gasteiger partial charge in [-0.2, -0.15) is 0 Å². The van der Waals surface area contributed by atoms with Crippen molar-refractivity contribution in [2.24, 2.45) is 0 Å². The average molecular weight is 450 g/mol. The van der Waals surface area contributed by atoms with Gasteiger partial charge in [-0.25, -0.2) is 13.1 Å². The molecule has 0 saturated heterocycles. The van der Waals surface area contributed by atoms with Crippen LogP contribution in [-0.2, 0) is 16.4 Å². The Bertz CT molecular complexity index is 1200. The van der Waals surface area contributed by atoms with Gasteiger partial charge in [0.25, 0.3) is 0 Å². The fraction of sp³-hybridized carbons (Fsp3) is 0.308. The number of hydrogen-bond donors (Lipinski definition) is 1. The van der Waals surface area contributed by atoms with E-state index < -0.39 is 10.0 Å². The molecule has 0 aromatic heterocycles. The smallest absolute Gasteiger partial charge is 0.240 e. The molecule has 32 heavy (non-hydrogen) atoms. The predicted octanol–water partition coefficient (Wildman–Crippen LogP) is 4.45. The number of nitrogens with zero attached hydrogens (tertiary/aromatic N) is 2. The zero-order valence-corrected chi connectivity index (χ0v) is 20.0. The van der Waals surface area contributed by atoms with Crippen molar-refractivity contribution in [1.82, 2.24) is 4.72 Å². The van der Waals surface area contributed by atoms with Crippen LogP contribution in [0.15, 0.2) is 71.6 Å². The molecule has 168 valence electrons. The maximum Gasteiger partial charge on any atom is 0.240 e. The summed E-state index contributed by atoms with van der Waals surface area (Å²) in [5, 5.41) is 0. The Hall–Kier alpha value is -2.83. The van der Waals surface area contributed by atoms with Gasteiger partial charge in [0.1, 0.15) is 0 Å². The molecule has 0 spiro atoms. The molecule has 3 aromatic rings. The highest BCUT2D eigenvalue weighted by Crippen LogP contribution is 2.35. The number of benzene rings is 3. The number of rotatable bonds is 7. The highest BCUT2D eigenvalue weighted by Gasteiger charge is 2.29. The Kier molecular flexibility index (Phi) is 6.26. The molecule has 1 unspecified atom stereocenters. The number of aryl methyl sites for hydroxylation is 1. The van der Waals surface area contributed by atoms with Crippen LogP contribution in [-0.4, -0.2) is 35.6 Å². The van der Waals surface area contributed by atoms with E-state index in [0.29, 0.717) is 11.4 Å². The second-order valence-corrected chi connectivity index (χ2v) is 10.4. The van der Waals surface area contributed by atoms with Crippen LogP contribution >= 0.6 is 0 Å². The largest absolute Gasteiger partial charge is 0.378 e. The molecular formula is C26H31N3O2S. The van der Waals surface area contributed by atoms with Crippen LogP contribution in [0.25, 0.3) is 0 Å². The lowest BCUT2D eigenvalue weighted by Crippen LogP contribution is -2.37. The van der Waals surface area contributed by atoms with Crippen LogP contribution in [0.4, 0.5) is 11.4 Å². The van der Waals surface area contributed by atoms with Crippen LogP contribution in [0.3, 0.4) is 0 Å². The van der Waals surface area contributed by atoms with Gasteiger partial charge in [-0.3, -0.25) is 0 Å². The molecule has 0 saturated carbocycles. The van der Waals surface area contributed by atoms with Gasteiger partial charge >= 0.3 is 0 Å². The summed E-state index contributed by atoms with van der Waals surface area (Å²) >= 11 is 0. The number of anilines is 2. The molecule has 5 nitrogen and oxygen atoms in total. The summed E-state index contributed by atoms with van der Waals surface area (Å²) in [5.41, 5.74) is 6.46. The lowest BCUT2D eigenvalue weighted by molar-refractivity contribution is 0.562. The van der Waals surface area contributed by atoms with Crippen molar-refractivity contribution in [3.05, 3.63) is 89.0 Å². The topological polar surface area (TPSA) is 52.7 Å². The standard InChI is InChI=1S/C26H31N3O2S/c1-19-8-7-11-26(20(19)2)32(30,31)27-18-25(22-12-14-23(15-13-22)28(3)4)29-17-16-21-9-5-6-10-24(21)29/h5-15,25,27H,16-18H2,1-4H3. The summed E-state index contributed by atoms with van der Waals surface area (Å²) < 4.78 is 29.3. The molecular weight excluding hydrogens is 418 g/mol. The van der Waals surface area contributed by atoms with E-state index in [1.54, 1.807) is 12.1 Å². The van der Waals surface area contributed by atoms with Gasteiger partial charge in [-0.1, -0.05) is 42.5 Å². The third-order valence-electron chi connectivity index (χ3n) is 6.40. The molecule has 0 bridgehead atoms. The van der Waals surface area contributed by atoms with Crippen LogP contribution in [0.2, 0.25) is 0 Å². The first-order valence-corrected chi connectivity index (χ1v) is 12.4. The van der Waals surface area contributed by atoms with Gasteiger partial charge in [-0.05, 0) is 66.8 Å². The first-order valence-electron chi connectivity index (χ1n) is 11.0. The molecule has 0 fully saturated rings. The molecule has 0 aliphatic carbocycles. The molecule has 1 aliphatic heterocycles. The van der Waals surface area contributed by atoms with Crippen molar-refractivity contribution in [3.8, 4) is 0 Å². The zero-order chi connectivity index (χ0) is 22.9. The zero-order valence-electron chi connectivity index (χ0n) is 19.2. The lowest BCUT2D eigenvalue weighted by atomic mass is 10.0. The molecule has 6 heteroatoms. The number of para-hydroxylation sites is 1. The molecule has 1 heterocycles. The highest BCUT2D eigenvalue weighted by atomic mass is 32.2. The van der Waals surface area contributed by atoms with Gasteiger partial charge in [0.2, 0.25) is 10.0 Å². The Morgan fingerprint density at radius 1 is 0.969 bits per heavy atom. The first-order chi connectivity index (χ1) is 15.3. The van der Waals surface area contributed by atoms with Crippen molar-refractivity contribution in [3.63, 3.8) is 0 Å². The summed E-state index contributed by atoms with van der Waals surface area (Å²) in [6, 6.07) is 22.1. The number of sulfonamides is 1. The molecule has 1 aliphatic rings. The maximum absolute atomic E-state index is 13.2. The Morgan fingerprint density at radius 3 is 2.41 bits per heavy atom. The normalized spacial score (nSPS) is 14.3. The van der Waals surface area contributed by atoms with E-state index in [2.05, 4.69) is 57.0 Å². The summed E-state index contributed by atoms with van der Waals surface area (Å²) in [6.07, 6.45) is 0.964. The predicted molar refractivity (Wildman–Crippen MR) is 132 cm³/mol. The van der Waals surface area contributed by atoms with E-state index in [-0.39, 0.29) is 6.04 Å². The van der Waals surface area contributed by atoms with E-state index in [4.69, 9.17) is 0 Å². The maximum atomic E-state index is 13.2. The second-order valence-electron chi connectivity index (χ2n) is 8.62. The Labute approximate surface area is 191 Å². The molecule has 0 amide bonds. The first kappa shape index (κ1) is 22.4. The highest BCUT2D eigenvalue weighted by molar-refractivity contribution is 7.89. The SMILES string of the molecule is Cc1cccc(S(=O)(=O)NCC(c2ccc(N(C)C)cc2)N2CCc3ccccc32)c1C. The molecule has 0 radical (unpaired) electrons. The monoisotopic (exact) mass is 449 g/mol. The minimum Gasteiger partial charge on any atom is -0.378 e. The van der Waals surface area contributed by atoms with Gasteiger partial charge < -0.3 is 9.80 Å². The minimum absolute atomic E-state index is 0.102. The van der Waals surface area contributed by atoms with E-state index >= 15 is 0 Å². The van der Waals surface area contributed by atoms with E-state index in [0.717, 1.165) is 35.3 Å². The fourth-order valence-corrected chi connectivity index (χ4v) is 5.73. The van der Waals surface area contributed by atoms with Gasteiger partial charge in [0.15, 0.2) is 0 Å². The van der Waals surface area contributed by atoms with Gasteiger partial charge in [0, 0.05) is 38.6 Å². The molecule has 1 N–H and O–H groups in total. The van der Waals surface area contributed by atoms with Gasteiger partial charge in [0.05, 0.1) is 10.9 Å². The molecule has 3 aromatic carbocycles. The molecule has 1 atom stereocenters. The summed E-state index contributed by atoms with van der Waals surface area (Å²) in [7, 11) is 0.401. The van der Waals surface area contributed by atoms with Crippen LogP contribution in [0.5, 0.6) is 0 Å². The minimum atomic E-state index is -3.63.